The van der Waals surface area contributed by atoms with Gasteiger partial charge in [-0.1, -0.05) is 23.7 Å². The Bertz CT molecular complexity index is 762. The van der Waals surface area contributed by atoms with E-state index >= 15 is 0 Å². The fourth-order valence-electron chi connectivity index (χ4n) is 3.07. The van der Waals surface area contributed by atoms with Gasteiger partial charge >= 0.3 is 5.97 Å². The molecule has 25 heavy (non-hydrogen) atoms. The number of aromatic carboxylic acids is 1. The van der Waals surface area contributed by atoms with E-state index in [1.54, 1.807) is 29.2 Å². The number of carboxylic acids is 1. The fourth-order valence-corrected chi connectivity index (χ4v) is 3.20. The Morgan fingerprint density at radius 2 is 1.68 bits per heavy atom. The Morgan fingerprint density at radius 1 is 1.08 bits per heavy atom. The average molecular weight is 364 g/mol. The first-order valence-corrected chi connectivity index (χ1v) is 8.39. The highest BCUT2D eigenvalue weighted by atomic mass is 35.5. The molecule has 1 atom stereocenters. The van der Waals surface area contributed by atoms with Gasteiger partial charge in [-0.15, -0.1) is 0 Å². The third-order valence-electron chi connectivity index (χ3n) is 4.51. The van der Waals surface area contributed by atoms with Gasteiger partial charge in [-0.05, 0) is 48.6 Å². The number of rotatable bonds is 4. The molecular weight excluding hydrogens is 346 g/mol. The number of benzene rings is 1. The Labute approximate surface area is 149 Å². The summed E-state index contributed by atoms with van der Waals surface area (Å²) in [6.07, 6.45) is 0.709. The lowest BCUT2D eigenvalue weighted by molar-refractivity contribution is 0.0439. The van der Waals surface area contributed by atoms with Crippen molar-refractivity contribution in [3.05, 3.63) is 58.5 Å². The Kier molecular flexibility index (Phi) is 5.11. The minimum absolute atomic E-state index is 0.0223. The summed E-state index contributed by atoms with van der Waals surface area (Å²) in [5, 5.41) is 20.0. The third-order valence-corrected chi connectivity index (χ3v) is 4.76. The molecule has 2 heterocycles. The highest BCUT2D eigenvalue weighted by molar-refractivity contribution is 6.30. The van der Waals surface area contributed by atoms with Crippen LogP contribution in [-0.4, -0.2) is 40.1 Å². The van der Waals surface area contributed by atoms with E-state index in [9.17, 15) is 14.7 Å². The second-order valence-corrected chi connectivity index (χ2v) is 6.53. The van der Waals surface area contributed by atoms with Gasteiger partial charge in [0.25, 0.3) is 5.91 Å². The van der Waals surface area contributed by atoms with E-state index in [0.717, 1.165) is 5.56 Å². The minimum atomic E-state index is -1.20. The lowest BCUT2D eigenvalue weighted by Gasteiger charge is -2.34. The van der Waals surface area contributed by atoms with Crippen molar-refractivity contribution >= 4 is 23.5 Å². The number of aliphatic hydroxyl groups excluding tert-OH is 1. The molecule has 1 unspecified atom stereocenters. The van der Waals surface area contributed by atoms with Crippen molar-refractivity contribution in [2.24, 2.45) is 5.92 Å². The summed E-state index contributed by atoms with van der Waals surface area (Å²) in [6, 6.07) is 9.75. The maximum atomic E-state index is 12.4. The number of hydrogen-bond acceptors (Lipinski definition) is 4. The molecule has 7 heteroatoms. The predicted molar refractivity (Wildman–Crippen MR) is 90.7 cm³/mol. The summed E-state index contributed by atoms with van der Waals surface area (Å²) < 4.78 is 5.06. The van der Waals surface area contributed by atoms with Crippen molar-refractivity contribution in [3.63, 3.8) is 0 Å². The molecule has 1 aliphatic rings. The van der Waals surface area contributed by atoms with Crippen molar-refractivity contribution in [3.8, 4) is 0 Å². The maximum Gasteiger partial charge on any atom is 0.371 e. The van der Waals surface area contributed by atoms with Crippen molar-refractivity contribution in [2.75, 3.05) is 13.1 Å². The van der Waals surface area contributed by atoms with Crippen molar-refractivity contribution in [2.45, 2.75) is 18.9 Å². The topological polar surface area (TPSA) is 91.0 Å². The number of carboxylic acid groups (broad SMARTS) is 1. The number of hydrogen-bond donors (Lipinski definition) is 2. The molecule has 1 aromatic carbocycles. The number of amides is 1. The summed E-state index contributed by atoms with van der Waals surface area (Å²) in [6.45, 7) is 0.967. The summed E-state index contributed by atoms with van der Waals surface area (Å²) in [5.41, 5.74) is 0.811. The number of carbonyl (C=O) groups is 2. The van der Waals surface area contributed by atoms with E-state index in [1.807, 2.05) is 0 Å². The van der Waals surface area contributed by atoms with E-state index in [2.05, 4.69) is 0 Å². The van der Waals surface area contributed by atoms with Crippen LogP contribution in [-0.2, 0) is 0 Å². The predicted octanol–water partition coefficient (Wildman–Crippen LogP) is 3.22. The number of likely N-dealkylation sites (tertiary alicyclic amines) is 1. The van der Waals surface area contributed by atoms with Gasteiger partial charge in [-0.3, -0.25) is 4.79 Å². The van der Waals surface area contributed by atoms with Gasteiger partial charge in [0, 0.05) is 18.1 Å². The van der Waals surface area contributed by atoms with Crippen LogP contribution in [0, 0.1) is 5.92 Å². The van der Waals surface area contributed by atoms with Gasteiger partial charge in [-0.25, -0.2) is 4.79 Å². The van der Waals surface area contributed by atoms with Crippen LogP contribution in [0.5, 0.6) is 0 Å². The number of furan rings is 1. The number of nitrogens with zero attached hydrogens (tertiary/aromatic N) is 1. The summed E-state index contributed by atoms with van der Waals surface area (Å²) in [7, 11) is 0. The average Bonchev–Trinajstić information content (AvgIpc) is 3.12. The van der Waals surface area contributed by atoms with E-state index in [0.29, 0.717) is 31.0 Å². The molecule has 0 radical (unpaired) electrons. The molecule has 132 valence electrons. The first-order chi connectivity index (χ1) is 12.0. The van der Waals surface area contributed by atoms with E-state index in [4.69, 9.17) is 21.1 Å². The molecule has 1 aromatic heterocycles. The summed E-state index contributed by atoms with van der Waals surface area (Å²) >= 11 is 5.86. The van der Waals surface area contributed by atoms with Crippen LogP contribution in [0.3, 0.4) is 0 Å². The lowest BCUT2D eigenvalue weighted by Crippen LogP contribution is -2.39. The van der Waals surface area contributed by atoms with Crippen LogP contribution in [0.4, 0.5) is 0 Å². The molecule has 1 aliphatic heterocycles. The molecule has 1 amide bonds. The normalized spacial score (nSPS) is 16.6. The smallest absolute Gasteiger partial charge is 0.371 e. The largest absolute Gasteiger partial charge is 0.475 e. The Morgan fingerprint density at radius 3 is 2.24 bits per heavy atom. The van der Waals surface area contributed by atoms with Gasteiger partial charge in [0.1, 0.15) is 0 Å². The second-order valence-electron chi connectivity index (χ2n) is 6.10. The van der Waals surface area contributed by atoms with E-state index in [1.165, 1.54) is 12.1 Å². The highest BCUT2D eigenvalue weighted by Gasteiger charge is 2.30. The molecule has 0 bridgehead atoms. The van der Waals surface area contributed by atoms with Crippen LogP contribution in [0.1, 0.15) is 45.6 Å². The number of halogens is 1. The minimum Gasteiger partial charge on any atom is -0.475 e. The number of piperidine rings is 1. The van der Waals surface area contributed by atoms with Crippen LogP contribution in [0.15, 0.2) is 40.8 Å². The van der Waals surface area contributed by atoms with Crippen LogP contribution in [0.2, 0.25) is 5.02 Å². The summed E-state index contributed by atoms with van der Waals surface area (Å²) in [4.78, 5) is 24.8. The molecule has 2 N–H and O–H groups in total. The summed E-state index contributed by atoms with van der Waals surface area (Å²) in [5.74, 6) is -1.71. The highest BCUT2D eigenvalue weighted by Crippen LogP contribution is 2.31. The Balaban J connectivity index is 1.60. The molecular formula is C18H18ClNO5. The van der Waals surface area contributed by atoms with Crippen LogP contribution >= 0.6 is 11.6 Å². The fraction of sp³-hybridized carbons (Fsp3) is 0.333. The van der Waals surface area contributed by atoms with Gasteiger partial charge in [0.2, 0.25) is 5.76 Å². The van der Waals surface area contributed by atoms with E-state index < -0.39 is 12.1 Å². The molecule has 6 nitrogen and oxygen atoms in total. The molecule has 2 aromatic rings. The van der Waals surface area contributed by atoms with Crippen molar-refractivity contribution in [1.29, 1.82) is 0 Å². The zero-order valence-corrected chi connectivity index (χ0v) is 14.1. The van der Waals surface area contributed by atoms with Crippen LogP contribution < -0.4 is 0 Å². The van der Waals surface area contributed by atoms with Gasteiger partial charge in [-0.2, -0.15) is 0 Å². The van der Waals surface area contributed by atoms with Crippen molar-refractivity contribution in [1.82, 2.24) is 4.90 Å². The quantitative estimate of drug-likeness (QED) is 0.870. The number of carbonyl (C=O) groups excluding carboxylic acids is 1. The number of aliphatic hydroxyl groups is 1. The first kappa shape index (κ1) is 17.5. The van der Waals surface area contributed by atoms with Crippen molar-refractivity contribution < 1.29 is 24.2 Å². The SMILES string of the molecule is O=C(O)c1ccc(C(=O)N2CCC(C(O)c3ccc(Cl)cc3)CC2)o1. The molecule has 3 rings (SSSR count). The van der Waals surface area contributed by atoms with Gasteiger partial charge in [0.05, 0.1) is 6.10 Å². The molecule has 0 aliphatic carbocycles. The van der Waals surface area contributed by atoms with Gasteiger partial charge < -0.3 is 19.5 Å². The molecule has 0 saturated carbocycles. The maximum absolute atomic E-state index is 12.4. The molecule has 0 spiro atoms. The molecule has 1 fully saturated rings. The van der Waals surface area contributed by atoms with E-state index in [-0.39, 0.29) is 23.3 Å². The standard InChI is InChI=1S/C18H18ClNO5/c19-13-3-1-11(2-4-13)16(21)12-7-9-20(10-8-12)17(22)14-5-6-15(25-14)18(23)24/h1-6,12,16,21H,7-10H2,(H,23,24). The third kappa shape index (κ3) is 3.86. The van der Waals surface area contributed by atoms with Gasteiger partial charge in [0.15, 0.2) is 5.76 Å². The molecule has 1 saturated heterocycles. The first-order valence-electron chi connectivity index (χ1n) is 8.01. The monoisotopic (exact) mass is 363 g/mol. The van der Waals surface area contributed by atoms with Crippen LogP contribution in [0.25, 0.3) is 0 Å². The Hall–Kier alpha value is -2.31. The zero-order chi connectivity index (χ0) is 18.0. The zero-order valence-electron chi connectivity index (χ0n) is 13.4. The second kappa shape index (κ2) is 7.29. The lowest BCUT2D eigenvalue weighted by atomic mass is 9.87.